The molecule has 0 aromatic heterocycles. The fourth-order valence-corrected chi connectivity index (χ4v) is 1.16. The molecule has 0 spiro atoms. The van der Waals surface area contributed by atoms with E-state index in [1.807, 2.05) is 0 Å². The first-order valence-corrected chi connectivity index (χ1v) is 4.81. The number of nitrogens with zero attached hydrogens (tertiary/aromatic N) is 2. The van der Waals surface area contributed by atoms with E-state index in [0.29, 0.717) is 5.69 Å². The lowest BCUT2D eigenvalue weighted by Gasteiger charge is -2.24. The van der Waals surface area contributed by atoms with Crippen LogP contribution >= 0.6 is 0 Å². The Morgan fingerprint density at radius 2 is 2.00 bits per heavy atom. The molecule has 0 aliphatic carbocycles. The van der Waals surface area contributed by atoms with E-state index >= 15 is 0 Å². The van der Waals surface area contributed by atoms with Crippen molar-refractivity contribution in [2.45, 2.75) is 19.9 Å². The second-order valence-electron chi connectivity index (χ2n) is 3.64. The quantitative estimate of drug-likeness (QED) is 0.483. The summed E-state index contributed by atoms with van der Waals surface area (Å²) < 4.78 is 0. The molecule has 0 fully saturated rings. The van der Waals surface area contributed by atoms with Crippen LogP contribution in [0.5, 0.6) is 0 Å². The van der Waals surface area contributed by atoms with Gasteiger partial charge in [0.1, 0.15) is 0 Å². The highest BCUT2D eigenvalue weighted by Gasteiger charge is 2.13. The number of benzene rings is 1. The van der Waals surface area contributed by atoms with Gasteiger partial charge in [-0.3, -0.25) is 20.4 Å². The predicted octanol–water partition coefficient (Wildman–Crippen LogP) is 2.76. The number of non-ortho nitro benzene ring substituents is 1. The Hall–Kier alpha value is -1.88. The van der Waals surface area contributed by atoms with Crippen molar-refractivity contribution in [3.8, 4) is 0 Å². The molecule has 1 aromatic carbocycles. The Balaban J connectivity index is 2.89. The summed E-state index contributed by atoms with van der Waals surface area (Å²) in [6.07, 6.45) is 0. The van der Waals surface area contributed by atoms with Crippen LogP contribution in [0.2, 0.25) is 0 Å². The molecule has 1 unspecified atom stereocenters. The number of rotatable bonds is 4. The molecule has 0 saturated heterocycles. The minimum Gasteiger partial charge on any atom is -0.288 e. The van der Waals surface area contributed by atoms with Crippen molar-refractivity contribution >= 4 is 11.4 Å². The smallest absolute Gasteiger partial charge is 0.269 e. The molecule has 0 saturated carbocycles. The van der Waals surface area contributed by atoms with Crippen molar-refractivity contribution < 1.29 is 10.1 Å². The van der Waals surface area contributed by atoms with Crippen molar-refractivity contribution in [1.82, 2.24) is 0 Å². The average Bonchev–Trinajstić information content (AvgIpc) is 2.27. The van der Waals surface area contributed by atoms with Crippen molar-refractivity contribution in [2.75, 3.05) is 5.06 Å². The van der Waals surface area contributed by atoms with Gasteiger partial charge in [0, 0.05) is 12.1 Å². The van der Waals surface area contributed by atoms with Gasteiger partial charge in [0.05, 0.1) is 16.7 Å². The van der Waals surface area contributed by atoms with Gasteiger partial charge in [-0.2, -0.15) is 0 Å². The van der Waals surface area contributed by atoms with Gasteiger partial charge in [0.2, 0.25) is 0 Å². The summed E-state index contributed by atoms with van der Waals surface area (Å²) in [5.41, 5.74) is 1.31. The summed E-state index contributed by atoms with van der Waals surface area (Å²) in [6, 6.07) is 5.46. The van der Waals surface area contributed by atoms with E-state index < -0.39 is 4.92 Å². The molecule has 0 aliphatic rings. The molecule has 5 heteroatoms. The van der Waals surface area contributed by atoms with Crippen LogP contribution in [0.3, 0.4) is 0 Å². The van der Waals surface area contributed by atoms with Crippen LogP contribution in [0.1, 0.15) is 13.8 Å². The second kappa shape index (κ2) is 4.76. The van der Waals surface area contributed by atoms with E-state index in [4.69, 9.17) is 0 Å². The molecular formula is C11H14N2O3. The van der Waals surface area contributed by atoms with Crippen LogP contribution in [-0.2, 0) is 0 Å². The Kier molecular flexibility index (Phi) is 3.63. The SMILES string of the molecule is C=C(C)C(C)N(O)c1ccc([N+](=O)[O-])cc1. The van der Waals surface area contributed by atoms with E-state index in [2.05, 4.69) is 6.58 Å². The van der Waals surface area contributed by atoms with E-state index in [1.165, 1.54) is 24.3 Å². The summed E-state index contributed by atoms with van der Waals surface area (Å²) in [5.74, 6) is 0. The minimum atomic E-state index is -0.478. The van der Waals surface area contributed by atoms with Crippen molar-refractivity contribution in [3.05, 3.63) is 46.5 Å². The van der Waals surface area contributed by atoms with Crippen LogP contribution in [-0.4, -0.2) is 16.2 Å². The first-order chi connectivity index (χ1) is 7.43. The van der Waals surface area contributed by atoms with Gasteiger partial charge in [-0.25, -0.2) is 0 Å². The molecule has 1 aromatic rings. The van der Waals surface area contributed by atoms with Crippen molar-refractivity contribution in [3.63, 3.8) is 0 Å². The third-order valence-corrected chi connectivity index (χ3v) is 2.41. The Morgan fingerprint density at radius 1 is 1.50 bits per heavy atom. The molecule has 0 heterocycles. The number of hydroxylamine groups is 1. The summed E-state index contributed by atoms with van der Waals surface area (Å²) in [7, 11) is 0. The fourth-order valence-electron chi connectivity index (χ4n) is 1.16. The molecule has 86 valence electrons. The van der Waals surface area contributed by atoms with Crippen molar-refractivity contribution in [1.29, 1.82) is 0 Å². The monoisotopic (exact) mass is 222 g/mol. The average molecular weight is 222 g/mol. The van der Waals surface area contributed by atoms with Gasteiger partial charge in [0.25, 0.3) is 5.69 Å². The first-order valence-electron chi connectivity index (χ1n) is 4.81. The number of nitro groups is 1. The zero-order valence-electron chi connectivity index (χ0n) is 9.25. The molecule has 0 amide bonds. The zero-order valence-corrected chi connectivity index (χ0v) is 9.25. The van der Waals surface area contributed by atoms with Gasteiger partial charge in [-0.05, 0) is 26.0 Å². The Morgan fingerprint density at radius 3 is 2.38 bits per heavy atom. The molecule has 1 atom stereocenters. The predicted molar refractivity (Wildman–Crippen MR) is 61.6 cm³/mol. The molecule has 5 nitrogen and oxygen atoms in total. The van der Waals surface area contributed by atoms with Gasteiger partial charge >= 0.3 is 0 Å². The maximum absolute atomic E-state index is 10.4. The highest BCUT2D eigenvalue weighted by atomic mass is 16.6. The highest BCUT2D eigenvalue weighted by Crippen LogP contribution is 2.21. The van der Waals surface area contributed by atoms with E-state index in [-0.39, 0.29) is 11.7 Å². The highest BCUT2D eigenvalue weighted by molar-refractivity contribution is 5.50. The maximum atomic E-state index is 10.4. The summed E-state index contributed by atoms with van der Waals surface area (Å²) in [6.45, 7) is 7.34. The van der Waals surface area contributed by atoms with Crippen LogP contribution in [0, 0.1) is 10.1 Å². The third kappa shape index (κ3) is 2.58. The molecular weight excluding hydrogens is 208 g/mol. The third-order valence-electron chi connectivity index (χ3n) is 2.41. The molecule has 0 bridgehead atoms. The van der Waals surface area contributed by atoms with Crippen LogP contribution in [0.25, 0.3) is 0 Å². The summed E-state index contributed by atoms with van der Waals surface area (Å²) in [4.78, 5) is 9.96. The van der Waals surface area contributed by atoms with Crippen molar-refractivity contribution in [2.24, 2.45) is 0 Å². The van der Waals surface area contributed by atoms with Crippen LogP contribution in [0.15, 0.2) is 36.4 Å². The second-order valence-corrected chi connectivity index (χ2v) is 3.64. The number of hydrogen-bond donors (Lipinski definition) is 1. The van der Waals surface area contributed by atoms with Gasteiger partial charge in [-0.15, -0.1) is 0 Å². The summed E-state index contributed by atoms with van der Waals surface area (Å²) >= 11 is 0. The number of anilines is 1. The maximum Gasteiger partial charge on any atom is 0.269 e. The van der Waals surface area contributed by atoms with E-state index in [9.17, 15) is 15.3 Å². The number of hydrogen-bond acceptors (Lipinski definition) is 4. The van der Waals surface area contributed by atoms with Crippen LogP contribution < -0.4 is 5.06 Å². The number of nitro benzene ring substituents is 1. The van der Waals surface area contributed by atoms with E-state index in [0.717, 1.165) is 10.6 Å². The molecule has 0 aliphatic heterocycles. The first kappa shape index (κ1) is 12.2. The standard InChI is InChI=1S/C11H14N2O3/c1-8(2)9(3)12(14)10-4-6-11(7-5-10)13(15)16/h4-7,9,14H,1H2,2-3H3. The van der Waals surface area contributed by atoms with Gasteiger partial charge < -0.3 is 0 Å². The van der Waals surface area contributed by atoms with Gasteiger partial charge in [-0.1, -0.05) is 12.2 Å². The molecule has 1 rings (SSSR count). The topological polar surface area (TPSA) is 66.6 Å². The van der Waals surface area contributed by atoms with E-state index in [1.54, 1.807) is 13.8 Å². The van der Waals surface area contributed by atoms with Crippen LogP contribution in [0.4, 0.5) is 11.4 Å². The molecule has 1 N–H and O–H groups in total. The fraction of sp³-hybridized carbons (Fsp3) is 0.273. The molecule has 0 radical (unpaired) electrons. The minimum absolute atomic E-state index is 0.000119. The summed E-state index contributed by atoms with van der Waals surface area (Å²) in [5, 5.41) is 21.3. The Labute approximate surface area is 93.7 Å². The lowest BCUT2D eigenvalue weighted by atomic mass is 10.1. The lowest BCUT2D eigenvalue weighted by molar-refractivity contribution is -0.384. The Bertz CT molecular complexity index is 400. The molecule has 16 heavy (non-hydrogen) atoms. The zero-order chi connectivity index (χ0) is 12.3. The normalized spacial score (nSPS) is 11.9. The lowest BCUT2D eigenvalue weighted by Crippen LogP contribution is -2.29. The largest absolute Gasteiger partial charge is 0.288 e. The van der Waals surface area contributed by atoms with Gasteiger partial charge in [0.15, 0.2) is 0 Å².